The fraction of sp³-hybridized carbons (Fsp3) is 0.318. The average molecular weight is 413 g/mol. The highest BCUT2D eigenvalue weighted by Crippen LogP contribution is 2.34. The number of rotatable bonds is 5. The Morgan fingerprint density at radius 2 is 1.77 bits per heavy atom. The summed E-state index contributed by atoms with van der Waals surface area (Å²) >= 11 is 0. The number of hydrogen-bond donors (Lipinski definition) is 2. The number of nitrogens with one attached hydrogen (secondary N) is 2. The lowest BCUT2D eigenvalue weighted by atomic mass is 10.1. The van der Waals surface area contributed by atoms with Crippen molar-refractivity contribution in [1.82, 2.24) is 15.0 Å². The van der Waals surface area contributed by atoms with Gasteiger partial charge in [-0.3, -0.25) is 4.98 Å². The lowest BCUT2D eigenvalue weighted by molar-refractivity contribution is -0.138. The molecule has 1 saturated carbocycles. The number of aryl methyl sites for hydroxylation is 1. The molecule has 0 unspecified atom stereocenters. The van der Waals surface area contributed by atoms with Crippen LogP contribution >= 0.6 is 0 Å². The van der Waals surface area contributed by atoms with Gasteiger partial charge in [0.2, 0.25) is 5.95 Å². The van der Waals surface area contributed by atoms with Crippen LogP contribution < -0.4 is 10.6 Å². The first-order chi connectivity index (χ1) is 14.4. The molecule has 2 aromatic heterocycles. The molecular formula is C22H22F3N5. The average Bonchev–Trinajstić information content (AvgIpc) is 3.22. The monoisotopic (exact) mass is 413 g/mol. The maximum absolute atomic E-state index is 13.3. The third-order valence-corrected chi connectivity index (χ3v) is 5.16. The Hall–Kier alpha value is -3.16. The van der Waals surface area contributed by atoms with Crippen molar-refractivity contribution >= 4 is 17.5 Å². The molecule has 2 N–H and O–H groups in total. The van der Waals surface area contributed by atoms with E-state index >= 15 is 0 Å². The largest absolute Gasteiger partial charge is 0.416 e. The predicted octanol–water partition coefficient (Wildman–Crippen LogP) is 5.96. The lowest BCUT2D eigenvalue weighted by Gasteiger charge is -2.16. The van der Waals surface area contributed by atoms with Gasteiger partial charge in [-0.05, 0) is 49.6 Å². The third-order valence-electron chi connectivity index (χ3n) is 5.16. The smallest absolute Gasteiger partial charge is 0.351 e. The van der Waals surface area contributed by atoms with E-state index < -0.39 is 11.7 Å². The van der Waals surface area contributed by atoms with E-state index in [4.69, 9.17) is 0 Å². The van der Waals surface area contributed by atoms with Crippen LogP contribution in [0.1, 0.15) is 36.8 Å². The van der Waals surface area contributed by atoms with Crippen molar-refractivity contribution < 1.29 is 13.2 Å². The molecule has 4 rings (SSSR count). The Bertz CT molecular complexity index is 1020. The highest BCUT2D eigenvalue weighted by atomic mass is 19.4. The zero-order chi connectivity index (χ0) is 21.1. The maximum atomic E-state index is 13.3. The van der Waals surface area contributed by atoms with Gasteiger partial charge in [-0.25, -0.2) is 4.98 Å². The summed E-state index contributed by atoms with van der Waals surface area (Å²) in [6.07, 6.45) is 1.67. The van der Waals surface area contributed by atoms with Crippen LogP contribution in [0, 0.1) is 6.92 Å². The van der Waals surface area contributed by atoms with Gasteiger partial charge in [0.05, 0.1) is 17.0 Å². The SMILES string of the molecule is Cc1ccc(Nc2cc(-c3ccccn3)nc(NC3CCCC3)n2)cc1C(F)(F)F. The first kappa shape index (κ1) is 20.1. The summed E-state index contributed by atoms with van der Waals surface area (Å²) in [6, 6.07) is 11.6. The Morgan fingerprint density at radius 1 is 0.967 bits per heavy atom. The van der Waals surface area contributed by atoms with Crippen molar-refractivity contribution in [2.24, 2.45) is 0 Å². The van der Waals surface area contributed by atoms with Gasteiger partial charge in [0.1, 0.15) is 5.82 Å². The van der Waals surface area contributed by atoms with E-state index in [2.05, 4.69) is 25.6 Å². The second kappa shape index (κ2) is 8.30. The van der Waals surface area contributed by atoms with Crippen molar-refractivity contribution in [3.05, 3.63) is 59.8 Å². The molecule has 30 heavy (non-hydrogen) atoms. The molecule has 1 aliphatic rings. The molecule has 0 saturated heterocycles. The van der Waals surface area contributed by atoms with Gasteiger partial charge >= 0.3 is 6.18 Å². The van der Waals surface area contributed by atoms with Crippen molar-refractivity contribution in [3.8, 4) is 11.4 Å². The molecule has 2 heterocycles. The van der Waals surface area contributed by atoms with Gasteiger partial charge in [-0.1, -0.05) is 25.0 Å². The highest BCUT2D eigenvalue weighted by molar-refractivity contribution is 5.66. The number of anilines is 3. The minimum absolute atomic E-state index is 0.175. The molecule has 8 heteroatoms. The number of benzene rings is 1. The summed E-state index contributed by atoms with van der Waals surface area (Å²) in [5, 5.41) is 6.35. The van der Waals surface area contributed by atoms with Gasteiger partial charge in [-0.15, -0.1) is 0 Å². The minimum Gasteiger partial charge on any atom is -0.351 e. The molecule has 0 amide bonds. The summed E-state index contributed by atoms with van der Waals surface area (Å²) in [7, 11) is 0. The molecule has 0 bridgehead atoms. The van der Waals surface area contributed by atoms with Gasteiger partial charge in [0.15, 0.2) is 0 Å². The van der Waals surface area contributed by atoms with E-state index in [1.165, 1.54) is 13.0 Å². The Labute approximate surface area is 172 Å². The van der Waals surface area contributed by atoms with Crippen LogP contribution in [0.25, 0.3) is 11.4 Å². The van der Waals surface area contributed by atoms with Crippen LogP contribution in [0.4, 0.5) is 30.6 Å². The molecule has 1 aromatic carbocycles. The van der Waals surface area contributed by atoms with Crippen LogP contribution in [0.2, 0.25) is 0 Å². The first-order valence-electron chi connectivity index (χ1n) is 9.90. The molecule has 1 fully saturated rings. The van der Waals surface area contributed by atoms with Gasteiger partial charge in [0, 0.05) is 24.0 Å². The van der Waals surface area contributed by atoms with Crippen LogP contribution in [-0.2, 0) is 6.18 Å². The Kier molecular flexibility index (Phi) is 5.57. The second-order valence-electron chi connectivity index (χ2n) is 7.46. The molecule has 0 spiro atoms. The normalized spacial score (nSPS) is 14.7. The first-order valence-corrected chi connectivity index (χ1v) is 9.90. The van der Waals surface area contributed by atoms with Crippen LogP contribution in [0.3, 0.4) is 0 Å². The van der Waals surface area contributed by atoms with E-state index in [-0.39, 0.29) is 5.56 Å². The van der Waals surface area contributed by atoms with Gasteiger partial charge in [-0.2, -0.15) is 18.2 Å². The quantitative estimate of drug-likeness (QED) is 0.540. The van der Waals surface area contributed by atoms with Crippen LogP contribution in [0.5, 0.6) is 0 Å². The number of alkyl halides is 3. The number of nitrogens with zero attached hydrogens (tertiary/aromatic N) is 3. The summed E-state index contributed by atoms with van der Waals surface area (Å²) in [5.41, 5.74) is 1.07. The molecule has 0 aliphatic heterocycles. The third kappa shape index (κ3) is 4.69. The summed E-state index contributed by atoms with van der Waals surface area (Å²) in [6.45, 7) is 1.44. The standard InChI is InChI=1S/C22H22F3N5/c1-14-9-10-16(12-17(14)22(23,24)25)27-20-13-19(18-8-4-5-11-26-18)29-21(30-20)28-15-6-2-3-7-15/h4-5,8-13,15H,2-3,6-7H2,1H3,(H2,27,28,29,30). The fourth-order valence-electron chi connectivity index (χ4n) is 3.63. The number of pyridine rings is 1. The fourth-order valence-corrected chi connectivity index (χ4v) is 3.63. The highest BCUT2D eigenvalue weighted by Gasteiger charge is 2.32. The van der Waals surface area contributed by atoms with E-state index in [1.807, 2.05) is 18.2 Å². The van der Waals surface area contributed by atoms with Crippen LogP contribution in [-0.4, -0.2) is 21.0 Å². The molecule has 1 aliphatic carbocycles. The number of hydrogen-bond acceptors (Lipinski definition) is 5. The van der Waals surface area contributed by atoms with Gasteiger partial charge in [0.25, 0.3) is 0 Å². The molecule has 0 radical (unpaired) electrons. The zero-order valence-electron chi connectivity index (χ0n) is 16.5. The zero-order valence-corrected chi connectivity index (χ0v) is 16.5. The molecule has 5 nitrogen and oxygen atoms in total. The molecule has 156 valence electrons. The van der Waals surface area contributed by atoms with E-state index in [0.29, 0.717) is 34.9 Å². The van der Waals surface area contributed by atoms with Gasteiger partial charge < -0.3 is 10.6 Å². The van der Waals surface area contributed by atoms with Crippen molar-refractivity contribution in [2.45, 2.75) is 44.8 Å². The van der Waals surface area contributed by atoms with Crippen molar-refractivity contribution in [3.63, 3.8) is 0 Å². The Morgan fingerprint density at radius 3 is 2.47 bits per heavy atom. The number of aromatic nitrogens is 3. The van der Waals surface area contributed by atoms with Crippen LogP contribution in [0.15, 0.2) is 48.7 Å². The maximum Gasteiger partial charge on any atom is 0.416 e. The molecule has 0 atom stereocenters. The van der Waals surface area contributed by atoms with E-state index in [1.54, 1.807) is 18.3 Å². The topological polar surface area (TPSA) is 62.7 Å². The van der Waals surface area contributed by atoms with Crippen molar-refractivity contribution in [1.29, 1.82) is 0 Å². The van der Waals surface area contributed by atoms with Crippen molar-refractivity contribution in [2.75, 3.05) is 10.6 Å². The summed E-state index contributed by atoms with van der Waals surface area (Å²) < 4.78 is 39.8. The lowest BCUT2D eigenvalue weighted by Crippen LogP contribution is -2.17. The molecule has 3 aromatic rings. The second-order valence-corrected chi connectivity index (χ2v) is 7.46. The minimum atomic E-state index is -4.41. The molecular weight excluding hydrogens is 391 g/mol. The Balaban J connectivity index is 1.68. The summed E-state index contributed by atoms with van der Waals surface area (Å²) in [4.78, 5) is 13.4. The van der Waals surface area contributed by atoms with E-state index in [9.17, 15) is 13.2 Å². The summed E-state index contributed by atoms with van der Waals surface area (Å²) in [5.74, 6) is 0.846. The number of halogens is 3. The predicted molar refractivity (Wildman–Crippen MR) is 111 cm³/mol. The van der Waals surface area contributed by atoms with E-state index in [0.717, 1.165) is 31.7 Å².